The Morgan fingerprint density at radius 1 is 1.14 bits per heavy atom. The Morgan fingerprint density at radius 2 is 1.95 bits per heavy atom. The van der Waals surface area contributed by atoms with Gasteiger partial charge in [0.2, 0.25) is 0 Å². The molecule has 0 saturated carbocycles. The Morgan fingerprint density at radius 3 is 2.64 bits per heavy atom. The molecule has 1 aliphatic rings. The molecule has 110 valence electrons. The second kappa shape index (κ2) is 6.42. The molecule has 1 saturated heterocycles. The number of rotatable bonds is 2. The molecule has 0 atom stereocenters. The number of hydrogen-bond donors (Lipinski definition) is 1. The van der Waals surface area contributed by atoms with E-state index in [0.29, 0.717) is 19.3 Å². The number of carbonyl (C=O) groups is 1. The van der Waals surface area contributed by atoms with Crippen molar-refractivity contribution in [1.82, 2.24) is 5.32 Å². The van der Waals surface area contributed by atoms with Crippen LogP contribution < -0.4 is 5.32 Å². The fraction of sp³-hybridized carbons (Fsp3) is 0. The number of carbonyl (C=O) groups excluding carboxylic acids is 1. The van der Waals surface area contributed by atoms with Crippen LogP contribution in [0.25, 0.3) is 17.2 Å². The summed E-state index contributed by atoms with van der Waals surface area (Å²) < 4.78 is 0.480. The zero-order chi connectivity index (χ0) is 15.7. The van der Waals surface area contributed by atoms with Crippen molar-refractivity contribution >= 4 is 63.5 Å². The van der Waals surface area contributed by atoms with Gasteiger partial charge in [0.25, 0.3) is 5.91 Å². The summed E-state index contributed by atoms with van der Waals surface area (Å²) in [6.45, 7) is 0. The molecule has 6 heteroatoms. The van der Waals surface area contributed by atoms with Gasteiger partial charge in [0.1, 0.15) is 4.32 Å². The summed E-state index contributed by atoms with van der Waals surface area (Å²) >= 11 is 18.4. The van der Waals surface area contributed by atoms with Crippen LogP contribution in [0.4, 0.5) is 0 Å². The molecule has 0 aliphatic carbocycles. The third-order valence-electron chi connectivity index (χ3n) is 3.07. The number of thiocarbonyl (C=S) groups is 1. The molecular weight excluding hydrogens is 357 g/mol. The average Bonchev–Trinajstić information content (AvgIpc) is 2.77. The molecule has 1 N–H and O–H groups in total. The summed E-state index contributed by atoms with van der Waals surface area (Å²) in [5.41, 5.74) is 2.76. The maximum Gasteiger partial charge on any atom is 0.263 e. The van der Waals surface area contributed by atoms with E-state index in [0.717, 1.165) is 16.7 Å². The molecule has 2 nitrogen and oxygen atoms in total. The molecule has 2 aromatic carbocycles. The molecule has 22 heavy (non-hydrogen) atoms. The molecule has 0 aromatic heterocycles. The lowest BCUT2D eigenvalue weighted by Gasteiger charge is -2.06. The minimum atomic E-state index is -0.162. The molecule has 1 aliphatic heterocycles. The first-order valence-corrected chi connectivity index (χ1v) is 8.31. The first-order chi connectivity index (χ1) is 10.5. The van der Waals surface area contributed by atoms with E-state index in [1.54, 1.807) is 12.1 Å². The summed E-state index contributed by atoms with van der Waals surface area (Å²) in [6.07, 6.45) is 1.81. The number of amides is 1. The van der Waals surface area contributed by atoms with Gasteiger partial charge in [0, 0.05) is 15.6 Å². The number of thioether (sulfide) groups is 1. The van der Waals surface area contributed by atoms with Gasteiger partial charge in [0.15, 0.2) is 0 Å². The average molecular weight is 366 g/mol. The van der Waals surface area contributed by atoms with E-state index in [-0.39, 0.29) is 5.91 Å². The van der Waals surface area contributed by atoms with Crippen molar-refractivity contribution in [2.24, 2.45) is 0 Å². The van der Waals surface area contributed by atoms with Gasteiger partial charge in [-0.05, 0) is 35.4 Å². The van der Waals surface area contributed by atoms with Crippen molar-refractivity contribution in [3.05, 3.63) is 63.0 Å². The minimum absolute atomic E-state index is 0.162. The fourth-order valence-corrected chi connectivity index (χ4v) is 3.65. The number of benzene rings is 2. The Labute approximate surface area is 147 Å². The topological polar surface area (TPSA) is 29.1 Å². The van der Waals surface area contributed by atoms with E-state index in [4.69, 9.17) is 35.4 Å². The van der Waals surface area contributed by atoms with Crippen LogP contribution >= 0.6 is 47.2 Å². The largest absolute Gasteiger partial charge is 0.307 e. The van der Waals surface area contributed by atoms with E-state index in [1.807, 2.05) is 36.4 Å². The maximum absolute atomic E-state index is 11.7. The Kier molecular flexibility index (Phi) is 4.54. The van der Waals surface area contributed by atoms with E-state index in [2.05, 4.69) is 5.32 Å². The van der Waals surface area contributed by atoms with Crippen LogP contribution in [0.3, 0.4) is 0 Å². The number of hydrogen-bond acceptors (Lipinski definition) is 3. The Bertz CT molecular complexity index is 818. The van der Waals surface area contributed by atoms with Gasteiger partial charge in [-0.25, -0.2) is 0 Å². The first kappa shape index (κ1) is 15.6. The van der Waals surface area contributed by atoms with E-state index >= 15 is 0 Å². The molecule has 0 unspecified atom stereocenters. The highest BCUT2D eigenvalue weighted by molar-refractivity contribution is 8.26. The van der Waals surface area contributed by atoms with Crippen LogP contribution in [0.5, 0.6) is 0 Å². The van der Waals surface area contributed by atoms with Gasteiger partial charge in [-0.2, -0.15) is 0 Å². The van der Waals surface area contributed by atoms with Crippen molar-refractivity contribution in [1.29, 1.82) is 0 Å². The summed E-state index contributed by atoms with van der Waals surface area (Å²) in [5, 5.41) is 3.79. The van der Waals surface area contributed by atoms with E-state index in [9.17, 15) is 4.79 Å². The van der Waals surface area contributed by atoms with Crippen molar-refractivity contribution in [3.8, 4) is 11.1 Å². The number of nitrogens with one attached hydrogen (secondary N) is 1. The van der Waals surface area contributed by atoms with Gasteiger partial charge in [-0.3, -0.25) is 4.79 Å². The lowest BCUT2D eigenvalue weighted by Crippen LogP contribution is -2.17. The lowest BCUT2D eigenvalue weighted by molar-refractivity contribution is -0.115. The SMILES string of the molecule is O=C1NC(=S)S/C1=C\c1cccc(-c2ccc(Cl)cc2Cl)c1. The molecular formula is C16H9Cl2NOS2. The smallest absolute Gasteiger partial charge is 0.263 e. The molecule has 3 rings (SSSR count). The van der Waals surface area contributed by atoms with E-state index < -0.39 is 0 Å². The zero-order valence-corrected chi connectivity index (χ0v) is 14.2. The van der Waals surface area contributed by atoms with Crippen LogP contribution in [-0.4, -0.2) is 10.2 Å². The fourth-order valence-electron chi connectivity index (χ4n) is 2.09. The third-order valence-corrected chi connectivity index (χ3v) is 4.78. The Balaban J connectivity index is 1.98. The van der Waals surface area contributed by atoms with Crippen molar-refractivity contribution in [2.75, 3.05) is 0 Å². The monoisotopic (exact) mass is 365 g/mol. The molecule has 2 aromatic rings. The summed E-state index contributed by atoms with van der Waals surface area (Å²) in [4.78, 5) is 12.3. The zero-order valence-electron chi connectivity index (χ0n) is 11.1. The van der Waals surface area contributed by atoms with Gasteiger partial charge >= 0.3 is 0 Å². The second-order valence-corrected chi connectivity index (χ2v) is 7.16. The van der Waals surface area contributed by atoms with Crippen molar-refractivity contribution in [2.45, 2.75) is 0 Å². The second-order valence-electron chi connectivity index (χ2n) is 4.60. The predicted molar refractivity (Wildman–Crippen MR) is 98.2 cm³/mol. The molecule has 1 heterocycles. The van der Waals surface area contributed by atoms with Gasteiger partial charge < -0.3 is 5.32 Å². The standard InChI is InChI=1S/C16H9Cl2NOS2/c17-11-4-5-12(13(18)8-11)10-3-1-2-9(6-10)7-14-15(20)19-16(21)22-14/h1-8H,(H,19,20,21)/b14-7-. The molecule has 0 bridgehead atoms. The van der Waals surface area contributed by atoms with Crippen LogP contribution in [0, 0.1) is 0 Å². The number of halogens is 2. The normalized spacial score (nSPS) is 16.2. The highest BCUT2D eigenvalue weighted by Crippen LogP contribution is 2.32. The van der Waals surface area contributed by atoms with Crippen molar-refractivity contribution < 1.29 is 4.79 Å². The highest BCUT2D eigenvalue weighted by atomic mass is 35.5. The summed E-state index contributed by atoms with van der Waals surface area (Å²) in [6, 6.07) is 13.2. The highest BCUT2D eigenvalue weighted by Gasteiger charge is 2.21. The summed E-state index contributed by atoms with van der Waals surface area (Å²) in [5.74, 6) is -0.162. The van der Waals surface area contributed by atoms with Crippen molar-refractivity contribution in [3.63, 3.8) is 0 Å². The Hall–Kier alpha value is -1.33. The molecule has 0 spiro atoms. The van der Waals surface area contributed by atoms with Gasteiger partial charge in [-0.1, -0.05) is 71.4 Å². The van der Waals surface area contributed by atoms with Gasteiger partial charge in [-0.15, -0.1) is 0 Å². The predicted octanol–water partition coefficient (Wildman–Crippen LogP) is 5.15. The van der Waals surface area contributed by atoms with Gasteiger partial charge in [0.05, 0.1) is 4.91 Å². The van der Waals surface area contributed by atoms with Crippen LogP contribution in [0.15, 0.2) is 47.4 Å². The van der Waals surface area contributed by atoms with Crippen LogP contribution in [0.1, 0.15) is 5.56 Å². The summed E-state index contributed by atoms with van der Waals surface area (Å²) in [7, 11) is 0. The molecule has 1 fully saturated rings. The molecule has 1 amide bonds. The maximum atomic E-state index is 11.7. The third kappa shape index (κ3) is 3.36. The first-order valence-electron chi connectivity index (χ1n) is 6.33. The van der Waals surface area contributed by atoms with Crippen LogP contribution in [0.2, 0.25) is 10.0 Å². The quantitative estimate of drug-likeness (QED) is 0.589. The molecule has 0 radical (unpaired) electrons. The van der Waals surface area contributed by atoms with Crippen LogP contribution in [-0.2, 0) is 4.79 Å². The van der Waals surface area contributed by atoms with E-state index in [1.165, 1.54) is 11.8 Å². The minimum Gasteiger partial charge on any atom is -0.307 e. The lowest BCUT2D eigenvalue weighted by atomic mass is 10.0.